The largest absolute Gasteiger partial charge is 0.480 e. The second-order valence-corrected chi connectivity index (χ2v) is 6.27. The van der Waals surface area contributed by atoms with Crippen LogP contribution in [0.4, 0.5) is 0 Å². The quantitative estimate of drug-likeness (QED) is 0.827. The summed E-state index contributed by atoms with van der Waals surface area (Å²) in [6, 6.07) is 0. The molecule has 0 atom stereocenters. The highest BCUT2D eigenvalue weighted by Crippen LogP contribution is 2.31. The first-order valence-corrected chi connectivity index (χ1v) is 7.84. The molecular weight excluding hydrogens is 240 g/mol. The molecule has 0 spiro atoms. The molecular formula is C15H28N2O2. The van der Waals surface area contributed by atoms with Gasteiger partial charge in [0.2, 0.25) is 0 Å². The van der Waals surface area contributed by atoms with Crippen molar-refractivity contribution in [3.05, 3.63) is 0 Å². The summed E-state index contributed by atoms with van der Waals surface area (Å²) >= 11 is 0. The van der Waals surface area contributed by atoms with Crippen LogP contribution in [0.2, 0.25) is 0 Å². The third kappa shape index (κ3) is 4.77. The standard InChI is InChI=1S/C15H28N2O2/c1-2-13-3-5-14(6-4-13)11-16-7-9-17(10-8-16)12-15(18)19/h13-14H,2-12H2,1H3,(H,18,19). The minimum atomic E-state index is -0.702. The van der Waals surface area contributed by atoms with E-state index in [2.05, 4.69) is 11.8 Å². The number of carbonyl (C=O) groups is 1. The van der Waals surface area contributed by atoms with Crippen LogP contribution < -0.4 is 0 Å². The van der Waals surface area contributed by atoms with E-state index in [1.165, 1.54) is 38.6 Å². The normalized spacial score (nSPS) is 30.4. The van der Waals surface area contributed by atoms with Gasteiger partial charge in [0, 0.05) is 32.7 Å². The van der Waals surface area contributed by atoms with Gasteiger partial charge in [0.25, 0.3) is 0 Å². The number of hydrogen-bond donors (Lipinski definition) is 1. The number of nitrogens with zero attached hydrogens (tertiary/aromatic N) is 2. The summed E-state index contributed by atoms with van der Waals surface area (Å²) in [7, 11) is 0. The predicted molar refractivity (Wildman–Crippen MR) is 76.3 cm³/mol. The highest BCUT2D eigenvalue weighted by molar-refractivity contribution is 5.69. The van der Waals surface area contributed by atoms with Crippen molar-refractivity contribution < 1.29 is 9.90 Å². The molecule has 2 rings (SSSR count). The molecule has 1 saturated heterocycles. The lowest BCUT2D eigenvalue weighted by molar-refractivity contribution is -0.138. The summed E-state index contributed by atoms with van der Waals surface area (Å²) in [6.45, 7) is 7.66. The smallest absolute Gasteiger partial charge is 0.317 e. The first-order valence-electron chi connectivity index (χ1n) is 7.84. The zero-order valence-electron chi connectivity index (χ0n) is 12.2. The lowest BCUT2D eigenvalue weighted by Crippen LogP contribution is -2.49. The van der Waals surface area contributed by atoms with Crippen molar-refractivity contribution in [2.24, 2.45) is 11.8 Å². The van der Waals surface area contributed by atoms with Crippen LogP contribution in [0.1, 0.15) is 39.0 Å². The van der Waals surface area contributed by atoms with E-state index >= 15 is 0 Å². The lowest BCUT2D eigenvalue weighted by atomic mass is 9.80. The fourth-order valence-corrected chi connectivity index (χ4v) is 3.51. The maximum atomic E-state index is 10.7. The average Bonchev–Trinajstić information content (AvgIpc) is 2.41. The van der Waals surface area contributed by atoms with Gasteiger partial charge in [-0.2, -0.15) is 0 Å². The van der Waals surface area contributed by atoms with Crippen LogP contribution in [0, 0.1) is 11.8 Å². The van der Waals surface area contributed by atoms with Gasteiger partial charge in [0.1, 0.15) is 0 Å². The van der Waals surface area contributed by atoms with Gasteiger partial charge in [-0.3, -0.25) is 9.69 Å². The number of hydrogen-bond acceptors (Lipinski definition) is 3. The first-order chi connectivity index (χ1) is 9.17. The second kappa shape index (κ2) is 7.25. The molecule has 0 aromatic rings. The van der Waals surface area contributed by atoms with Crippen molar-refractivity contribution in [1.29, 1.82) is 0 Å². The fraction of sp³-hybridized carbons (Fsp3) is 0.933. The van der Waals surface area contributed by atoms with Gasteiger partial charge in [0.15, 0.2) is 0 Å². The van der Waals surface area contributed by atoms with Crippen LogP contribution in [0.25, 0.3) is 0 Å². The SMILES string of the molecule is CCC1CCC(CN2CCN(CC(=O)O)CC2)CC1. The summed E-state index contributed by atoms with van der Waals surface area (Å²) in [6.07, 6.45) is 6.97. The van der Waals surface area contributed by atoms with Crippen molar-refractivity contribution in [3.63, 3.8) is 0 Å². The Morgan fingerprint density at radius 1 is 1.00 bits per heavy atom. The summed E-state index contributed by atoms with van der Waals surface area (Å²) in [5, 5.41) is 8.79. The molecule has 1 saturated carbocycles. The number of carboxylic acids is 1. The molecule has 4 nitrogen and oxygen atoms in total. The van der Waals surface area contributed by atoms with Crippen molar-refractivity contribution in [2.45, 2.75) is 39.0 Å². The van der Waals surface area contributed by atoms with Crippen LogP contribution in [-0.2, 0) is 4.79 Å². The Morgan fingerprint density at radius 2 is 1.53 bits per heavy atom. The van der Waals surface area contributed by atoms with Crippen LogP contribution in [0.5, 0.6) is 0 Å². The minimum absolute atomic E-state index is 0.204. The summed E-state index contributed by atoms with van der Waals surface area (Å²) in [4.78, 5) is 15.3. The Bertz CT molecular complexity index is 280. The van der Waals surface area contributed by atoms with Gasteiger partial charge in [-0.15, -0.1) is 0 Å². The van der Waals surface area contributed by atoms with Gasteiger partial charge in [-0.05, 0) is 24.7 Å². The minimum Gasteiger partial charge on any atom is -0.480 e. The highest BCUT2D eigenvalue weighted by Gasteiger charge is 2.24. The molecule has 2 fully saturated rings. The summed E-state index contributed by atoms with van der Waals surface area (Å²) in [5.41, 5.74) is 0. The summed E-state index contributed by atoms with van der Waals surface area (Å²) in [5.74, 6) is 1.16. The number of rotatable bonds is 5. The van der Waals surface area contributed by atoms with Gasteiger partial charge < -0.3 is 10.0 Å². The highest BCUT2D eigenvalue weighted by atomic mass is 16.4. The number of piperazine rings is 1. The topological polar surface area (TPSA) is 43.8 Å². The van der Waals surface area contributed by atoms with E-state index < -0.39 is 5.97 Å². The fourth-order valence-electron chi connectivity index (χ4n) is 3.51. The molecule has 110 valence electrons. The molecule has 1 aliphatic carbocycles. The average molecular weight is 268 g/mol. The Kier molecular flexibility index (Phi) is 5.64. The molecule has 0 aromatic heterocycles. The van der Waals surface area contributed by atoms with Crippen molar-refractivity contribution >= 4 is 5.97 Å². The maximum Gasteiger partial charge on any atom is 0.317 e. The van der Waals surface area contributed by atoms with E-state index in [0.29, 0.717) is 0 Å². The van der Waals surface area contributed by atoms with E-state index in [4.69, 9.17) is 5.11 Å². The Balaban J connectivity index is 1.64. The number of aliphatic carboxylic acids is 1. The maximum absolute atomic E-state index is 10.7. The van der Waals surface area contributed by atoms with E-state index in [0.717, 1.165) is 38.0 Å². The Hall–Kier alpha value is -0.610. The zero-order valence-corrected chi connectivity index (χ0v) is 12.2. The van der Waals surface area contributed by atoms with Crippen LogP contribution in [-0.4, -0.2) is 60.1 Å². The monoisotopic (exact) mass is 268 g/mol. The second-order valence-electron chi connectivity index (χ2n) is 6.27. The van der Waals surface area contributed by atoms with Crippen molar-refractivity contribution in [3.8, 4) is 0 Å². The van der Waals surface area contributed by atoms with E-state index in [9.17, 15) is 4.79 Å². The third-order valence-electron chi connectivity index (χ3n) is 4.88. The van der Waals surface area contributed by atoms with Crippen LogP contribution >= 0.6 is 0 Å². The van der Waals surface area contributed by atoms with Crippen molar-refractivity contribution in [2.75, 3.05) is 39.3 Å². The van der Waals surface area contributed by atoms with Crippen LogP contribution in [0.3, 0.4) is 0 Å². The molecule has 0 radical (unpaired) electrons. The van der Waals surface area contributed by atoms with E-state index in [1.807, 2.05) is 4.90 Å². The molecule has 0 unspecified atom stereocenters. The molecule has 1 aliphatic heterocycles. The molecule has 2 aliphatic rings. The molecule has 1 N–H and O–H groups in total. The molecule has 0 bridgehead atoms. The van der Waals surface area contributed by atoms with Gasteiger partial charge in [0.05, 0.1) is 6.54 Å². The Labute approximate surface area is 116 Å². The molecule has 0 aromatic carbocycles. The van der Waals surface area contributed by atoms with E-state index in [-0.39, 0.29) is 6.54 Å². The van der Waals surface area contributed by atoms with Gasteiger partial charge in [-0.1, -0.05) is 26.2 Å². The first kappa shape index (κ1) is 14.8. The molecule has 1 heterocycles. The predicted octanol–water partition coefficient (Wildman–Crippen LogP) is 1.90. The van der Waals surface area contributed by atoms with Crippen molar-refractivity contribution in [1.82, 2.24) is 9.80 Å². The lowest BCUT2D eigenvalue weighted by Gasteiger charge is -2.37. The Morgan fingerprint density at radius 3 is 2.05 bits per heavy atom. The van der Waals surface area contributed by atoms with Gasteiger partial charge in [-0.25, -0.2) is 0 Å². The third-order valence-corrected chi connectivity index (χ3v) is 4.88. The zero-order chi connectivity index (χ0) is 13.7. The number of carboxylic acid groups (broad SMARTS) is 1. The molecule has 0 amide bonds. The van der Waals surface area contributed by atoms with Crippen LogP contribution in [0.15, 0.2) is 0 Å². The summed E-state index contributed by atoms with van der Waals surface area (Å²) < 4.78 is 0. The van der Waals surface area contributed by atoms with Gasteiger partial charge >= 0.3 is 5.97 Å². The molecule has 4 heteroatoms. The van der Waals surface area contributed by atoms with E-state index in [1.54, 1.807) is 0 Å². The molecule has 19 heavy (non-hydrogen) atoms.